The Morgan fingerprint density at radius 1 is 1.14 bits per heavy atom. The average Bonchev–Trinajstić information content (AvgIpc) is 3.26. The van der Waals surface area contributed by atoms with E-state index >= 15 is 0 Å². The first-order valence-electron chi connectivity index (χ1n) is 8.88. The van der Waals surface area contributed by atoms with Crippen LogP contribution in [0.15, 0.2) is 53.4 Å². The number of nitro benzene ring substituents is 1. The van der Waals surface area contributed by atoms with Gasteiger partial charge in [-0.15, -0.1) is 11.8 Å². The molecule has 0 N–H and O–H groups in total. The molecule has 2 aromatic carbocycles. The van der Waals surface area contributed by atoms with Gasteiger partial charge in [-0.1, -0.05) is 30.3 Å². The molecule has 3 rings (SSSR count). The van der Waals surface area contributed by atoms with E-state index in [-0.39, 0.29) is 17.2 Å². The summed E-state index contributed by atoms with van der Waals surface area (Å²) in [7, 11) is 0. The molecule has 0 aliphatic carbocycles. The fourth-order valence-electron chi connectivity index (χ4n) is 3.13. The highest BCUT2D eigenvalue weighted by atomic mass is 32.2. The van der Waals surface area contributed by atoms with Gasteiger partial charge in [-0.25, -0.2) is 4.79 Å². The fourth-order valence-corrected chi connectivity index (χ4v) is 3.57. The van der Waals surface area contributed by atoms with E-state index in [1.54, 1.807) is 47.6 Å². The molecule has 2 aromatic rings. The van der Waals surface area contributed by atoms with Gasteiger partial charge in [0.25, 0.3) is 11.6 Å². The van der Waals surface area contributed by atoms with E-state index in [9.17, 15) is 19.7 Å². The summed E-state index contributed by atoms with van der Waals surface area (Å²) in [4.78, 5) is 38.9. The Kier molecular flexibility index (Phi) is 6.30. The second-order valence-electron chi connectivity index (χ2n) is 6.37. The number of rotatable bonds is 6. The standard InChI is InChI=1S/C20H20N2O5S/c1-28-15-9-10-17(22(25)26)16(13-15)20(24)27-18(14-7-3-2-4-8-14)19(23)21-11-5-6-12-21/h2-4,7-10,13,18H,5-6,11-12H2,1H3/t18-/m0/s1. The topological polar surface area (TPSA) is 89.7 Å². The molecule has 0 spiro atoms. The second kappa shape index (κ2) is 8.88. The van der Waals surface area contributed by atoms with Crippen LogP contribution < -0.4 is 0 Å². The molecular weight excluding hydrogens is 380 g/mol. The number of likely N-dealkylation sites (tertiary alicyclic amines) is 1. The van der Waals surface area contributed by atoms with Gasteiger partial charge in [0.2, 0.25) is 6.10 Å². The summed E-state index contributed by atoms with van der Waals surface area (Å²) in [5, 5.41) is 11.3. The molecule has 1 saturated heterocycles. The predicted molar refractivity (Wildman–Crippen MR) is 105 cm³/mol. The van der Waals surface area contributed by atoms with Crippen molar-refractivity contribution in [2.75, 3.05) is 19.3 Å². The molecule has 7 nitrogen and oxygen atoms in total. The summed E-state index contributed by atoms with van der Waals surface area (Å²) >= 11 is 1.36. The number of hydrogen-bond donors (Lipinski definition) is 0. The fraction of sp³-hybridized carbons (Fsp3) is 0.300. The molecular formula is C20H20N2O5S. The smallest absolute Gasteiger partial charge is 0.346 e. The van der Waals surface area contributed by atoms with E-state index < -0.39 is 17.0 Å². The van der Waals surface area contributed by atoms with Crippen LogP contribution in [0, 0.1) is 10.1 Å². The summed E-state index contributed by atoms with van der Waals surface area (Å²) in [6, 6.07) is 13.0. The van der Waals surface area contributed by atoms with Gasteiger partial charge in [-0.2, -0.15) is 0 Å². The van der Waals surface area contributed by atoms with Crippen LogP contribution in [0.3, 0.4) is 0 Å². The van der Waals surface area contributed by atoms with Gasteiger partial charge < -0.3 is 9.64 Å². The van der Waals surface area contributed by atoms with E-state index in [2.05, 4.69) is 0 Å². The molecule has 0 unspecified atom stereocenters. The lowest BCUT2D eigenvalue weighted by atomic mass is 10.1. The minimum atomic E-state index is -1.13. The van der Waals surface area contributed by atoms with Gasteiger partial charge in [0.1, 0.15) is 5.56 Å². The zero-order valence-corrected chi connectivity index (χ0v) is 16.2. The monoisotopic (exact) mass is 400 g/mol. The number of benzene rings is 2. The van der Waals surface area contributed by atoms with Gasteiger partial charge >= 0.3 is 5.97 Å². The molecule has 0 bridgehead atoms. The van der Waals surface area contributed by atoms with Crippen molar-refractivity contribution in [1.29, 1.82) is 0 Å². The van der Waals surface area contributed by atoms with Crippen LogP contribution in [0.2, 0.25) is 0 Å². The van der Waals surface area contributed by atoms with Crippen LogP contribution in [0.4, 0.5) is 5.69 Å². The highest BCUT2D eigenvalue weighted by molar-refractivity contribution is 7.98. The van der Waals surface area contributed by atoms with Crippen LogP contribution in [0.5, 0.6) is 0 Å². The Morgan fingerprint density at radius 3 is 2.43 bits per heavy atom. The van der Waals surface area contributed by atoms with Crippen LogP contribution in [0.25, 0.3) is 0 Å². The summed E-state index contributed by atoms with van der Waals surface area (Å²) in [6.45, 7) is 1.23. The third-order valence-electron chi connectivity index (χ3n) is 4.59. The number of esters is 1. The lowest BCUT2D eigenvalue weighted by Crippen LogP contribution is -2.35. The van der Waals surface area contributed by atoms with Gasteiger partial charge in [0.15, 0.2) is 0 Å². The Bertz CT molecular complexity index is 881. The van der Waals surface area contributed by atoms with E-state index in [0.29, 0.717) is 23.5 Å². The Hall–Kier alpha value is -2.87. The van der Waals surface area contributed by atoms with Crippen molar-refractivity contribution in [1.82, 2.24) is 4.90 Å². The molecule has 28 heavy (non-hydrogen) atoms. The molecule has 0 radical (unpaired) electrons. The number of amides is 1. The number of ether oxygens (including phenoxy) is 1. The summed E-state index contributed by atoms with van der Waals surface area (Å²) in [5.74, 6) is -1.19. The zero-order chi connectivity index (χ0) is 20.1. The van der Waals surface area contributed by atoms with Gasteiger partial charge in [0, 0.05) is 29.6 Å². The third-order valence-corrected chi connectivity index (χ3v) is 5.31. The minimum Gasteiger partial charge on any atom is -0.443 e. The van der Waals surface area contributed by atoms with Crippen LogP contribution >= 0.6 is 11.8 Å². The molecule has 1 amide bonds. The minimum absolute atomic E-state index is 0.160. The number of carbonyl (C=O) groups excluding carboxylic acids is 2. The molecule has 1 aliphatic rings. The van der Waals surface area contributed by atoms with E-state index in [1.807, 2.05) is 0 Å². The quantitative estimate of drug-likeness (QED) is 0.317. The Labute approximate surface area is 166 Å². The Morgan fingerprint density at radius 2 is 1.82 bits per heavy atom. The van der Waals surface area contributed by atoms with Crippen molar-refractivity contribution in [2.24, 2.45) is 0 Å². The summed E-state index contributed by atoms with van der Waals surface area (Å²) < 4.78 is 5.54. The van der Waals surface area contributed by atoms with E-state index in [1.165, 1.54) is 23.9 Å². The maximum atomic E-state index is 13.0. The number of nitro groups is 1. The summed E-state index contributed by atoms with van der Waals surface area (Å²) in [6.07, 6.45) is 2.48. The molecule has 1 atom stereocenters. The number of thioether (sulfide) groups is 1. The lowest BCUT2D eigenvalue weighted by molar-refractivity contribution is -0.385. The highest BCUT2D eigenvalue weighted by Gasteiger charge is 2.33. The first kappa shape index (κ1) is 19.9. The first-order chi connectivity index (χ1) is 13.5. The number of nitrogens with zero attached hydrogens (tertiary/aromatic N) is 2. The van der Waals surface area contributed by atoms with E-state index in [4.69, 9.17) is 4.74 Å². The van der Waals surface area contributed by atoms with Crippen molar-refractivity contribution >= 4 is 29.3 Å². The lowest BCUT2D eigenvalue weighted by Gasteiger charge is -2.23. The summed E-state index contributed by atoms with van der Waals surface area (Å²) in [5.41, 5.74) is 0.0339. The SMILES string of the molecule is CSc1ccc([N+](=O)[O-])c(C(=O)O[C@H](C(=O)N2CCCC2)c2ccccc2)c1. The largest absolute Gasteiger partial charge is 0.443 e. The average molecular weight is 400 g/mol. The molecule has 1 aliphatic heterocycles. The molecule has 1 fully saturated rings. The molecule has 8 heteroatoms. The zero-order valence-electron chi connectivity index (χ0n) is 15.4. The third kappa shape index (κ3) is 4.33. The van der Waals surface area contributed by atoms with Crippen molar-refractivity contribution in [3.63, 3.8) is 0 Å². The maximum Gasteiger partial charge on any atom is 0.346 e. The Balaban J connectivity index is 1.93. The van der Waals surface area contributed by atoms with Crippen molar-refractivity contribution < 1.29 is 19.2 Å². The second-order valence-corrected chi connectivity index (χ2v) is 7.25. The van der Waals surface area contributed by atoms with Crippen molar-refractivity contribution in [3.8, 4) is 0 Å². The van der Waals surface area contributed by atoms with Gasteiger partial charge in [-0.3, -0.25) is 14.9 Å². The number of hydrogen-bond acceptors (Lipinski definition) is 6. The predicted octanol–water partition coefficient (Wildman–Crippen LogP) is 3.84. The van der Waals surface area contributed by atoms with Gasteiger partial charge in [-0.05, 0) is 31.2 Å². The van der Waals surface area contributed by atoms with Crippen LogP contribution in [-0.2, 0) is 9.53 Å². The molecule has 1 heterocycles. The van der Waals surface area contributed by atoms with Crippen molar-refractivity contribution in [2.45, 2.75) is 23.8 Å². The first-order valence-corrected chi connectivity index (χ1v) is 10.1. The maximum absolute atomic E-state index is 13.0. The highest BCUT2D eigenvalue weighted by Crippen LogP contribution is 2.29. The van der Waals surface area contributed by atoms with Crippen LogP contribution in [0.1, 0.15) is 34.9 Å². The molecule has 0 aromatic heterocycles. The molecule has 146 valence electrons. The van der Waals surface area contributed by atoms with Crippen LogP contribution in [-0.4, -0.2) is 41.0 Å². The number of carbonyl (C=O) groups is 2. The normalized spacial score (nSPS) is 14.5. The van der Waals surface area contributed by atoms with E-state index in [0.717, 1.165) is 12.8 Å². The van der Waals surface area contributed by atoms with Gasteiger partial charge in [0.05, 0.1) is 4.92 Å². The van der Waals surface area contributed by atoms with Crippen molar-refractivity contribution in [3.05, 3.63) is 69.8 Å². The molecule has 0 saturated carbocycles.